The molecule has 1 aliphatic carbocycles. The molecule has 100 valence electrons. The molecular formula is C13H27N3O. The van der Waals surface area contributed by atoms with E-state index in [0.29, 0.717) is 0 Å². The molecule has 0 atom stereocenters. The van der Waals surface area contributed by atoms with Crippen molar-refractivity contribution in [2.75, 3.05) is 26.8 Å². The van der Waals surface area contributed by atoms with Crippen LogP contribution >= 0.6 is 0 Å². The summed E-state index contributed by atoms with van der Waals surface area (Å²) in [7, 11) is 1.80. The van der Waals surface area contributed by atoms with Crippen molar-refractivity contribution in [1.82, 2.24) is 10.6 Å². The summed E-state index contributed by atoms with van der Waals surface area (Å²) in [5.41, 5.74) is 0.0459. The molecule has 0 aliphatic heterocycles. The molecule has 17 heavy (non-hydrogen) atoms. The molecular weight excluding hydrogens is 214 g/mol. The predicted molar refractivity (Wildman–Crippen MR) is 72.4 cm³/mol. The Kier molecular flexibility index (Phi) is 5.75. The molecule has 0 aromatic heterocycles. The largest absolute Gasteiger partial charge is 0.381 e. The SMILES string of the molecule is CN=C(NCCCOCC1CC1)NC(C)(C)C. The molecule has 1 saturated carbocycles. The number of hydrogen-bond donors (Lipinski definition) is 2. The summed E-state index contributed by atoms with van der Waals surface area (Å²) in [5.74, 6) is 1.72. The quantitative estimate of drug-likeness (QED) is 0.423. The fourth-order valence-corrected chi connectivity index (χ4v) is 1.45. The molecule has 0 unspecified atom stereocenters. The minimum Gasteiger partial charge on any atom is -0.381 e. The van der Waals surface area contributed by atoms with Crippen molar-refractivity contribution >= 4 is 5.96 Å². The van der Waals surface area contributed by atoms with Gasteiger partial charge in [0.25, 0.3) is 0 Å². The summed E-state index contributed by atoms with van der Waals surface area (Å²) >= 11 is 0. The lowest BCUT2D eigenvalue weighted by molar-refractivity contribution is 0.123. The fraction of sp³-hybridized carbons (Fsp3) is 0.923. The van der Waals surface area contributed by atoms with Gasteiger partial charge >= 0.3 is 0 Å². The van der Waals surface area contributed by atoms with Gasteiger partial charge in [-0.1, -0.05) is 0 Å². The van der Waals surface area contributed by atoms with Crippen molar-refractivity contribution in [3.8, 4) is 0 Å². The Hall–Kier alpha value is -0.770. The Labute approximate surface area is 105 Å². The van der Waals surface area contributed by atoms with Crippen LogP contribution in [-0.2, 0) is 4.74 Å². The highest BCUT2D eigenvalue weighted by Gasteiger charge is 2.20. The third-order valence-electron chi connectivity index (χ3n) is 2.53. The molecule has 2 N–H and O–H groups in total. The monoisotopic (exact) mass is 241 g/mol. The lowest BCUT2D eigenvalue weighted by Gasteiger charge is -2.23. The summed E-state index contributed by atoms with van der Waals surface area (Å²) in [5, 5.41) is 6.61. The Bertz CT molecular complexity index is 242. The zero-order valence-corrected chi connectivity index (χ0v) is 11.7. The van der Waals surface area contributed by atoms with Crippen LogP contribution in [0.3, 0.4) is 0 Å². The Balaban J connectivity index is 1.98. The van der Waals surface area contributed by atoms with Crippen molar-refractivity contribution in [2.24, 2.45) is 10.9 Å². The highest BCUT2D eigenvalue weighted by atomic mass is 16.5. The first-order valence-electron chi connectivity index (χ1n) is 6.58. The third-order valence-corrected chi connectivity index (χ3v) is 2.53. The lowest BCUT2D eigenvalue weighted by Crippen LogP contribution is -2.47. The Morgan fingerprint density at radius 2 is 2.06 bits per heavy atom. The first kappa shape index (κ1) is 14.3. The van der Waals surface area contributed by atoms with E-state index in [9.17, 15) is 0 Å². The topological polar surface area (TPSA) is 45.7 Å². The molecule has 4 heteroatoms. The van der Waals surface area contributed by atoms with Gasteiger partial charge in [-0.05, 0) is 46.0 Å². The molecule has 1 rings (SSSR count). The number of nitrogens with one attached hydrogen (secondary N) is 2. The van der Waals surface area contributed by atoms with Crippen molar-refractivity contribution in [1.29, 1.82) is 0 Å². The summed E-state index contributed by atoms with van der Waals surface area (Å²) < 4.78 is 5.57. The Morgan fingerprint density at radius 3 is 2.59 bits per heavy atom. The number of rotatable bonds is 6. The molecule has 4 nitrogen and oxygen atoms in total. The van der Waals surface area contributed by atoms with Gasteiger partial charge in [0.05, 0.1) is 0 Å². The van der Waals surface area contributed by atoms with Crippen LogP contribution in [0.5, 0.6) is 0 Å². The molecule has 0 spiro atoms. The number of aliphatic imine (C=N–C) groups is 1. The average Bonchev–Trinajstić information content (AvgIpc) is 3.03. The van der Waals surface area contributed by atoms with Gasteiger partial charge in [0.15, 0.2) is 5.96 Å². The first-order valence-corrected chi connectivity index (χ1v) is 6.58. The van der Waals surface area contributed by atoms with Crippen molar-refractivity contribution in [2.45, 2.75) is 45.6 Å². The van der Waals surface area contributed by atoms with Gasteiger partial charge in [0.2, 0.25) is 0 Å². The first-order chi connectivity index (χ1) is 8.01. The minimum absolute atomic E-state index is 0.0459. The summed E-state index contributed by atoms with van der Waals surface area (Å²) in [6, 6.07) is 0. The van der Waals surface area contributed by atoms with E-state index in [1.165, 1.54) is 12.8 Å². The third kappa shape index (κ3) is 8.02. The van der Waals surface area contributed by atoms with E-state index < -0.39 is 0 Å². The maximum atomic E-state index is 5.57. The molecule has 1 fully saturated rings. The Morgan fingerprint density at radius 1 is 1.35 bits per heavy atom. The van der Waals surface area contributed by atoms with Crippen molar-refractivity contribution in [3.05, 3.63) is 0 Å². The van der Waals surface area contributed by atoms with E-state index in [1.807, 2.05) is 0 Å². The summed E-state index contributed by atoms with van der Waals surface area (Å²) in [6.07, 6.45) is 3.75. The van der Waals surface area contributed by atoms with Gasteiger partial charge < -0.3 is 15.4 Å². The van der Waals surface area contributed by atoms with Crippen molar-refractivity contribution in [3.63, 3.8) is 0 Å². The van der Waals surface area contributed by atoms with Gasteiger partial charge in [-0.25, -0.2) is 0 Å². The van der Waals surface area contributed by atoms with E-state index in [1.54, 1.807) is 7.05 Å². The maximum Gasteiger partial charge on any atom is 0.191 e. The highest BCUT2D eigenvalue weighted by molar-refractivity contribution is 5.80. The molecule has 0 radical (unpaired) electrons. The van der Waals surface area contributed by atoms with E-state index in [-0.39, 0.29) is 5.54 Å². The van der Waals surface area contributed by atoms with Gasteiger partial charge in [-0.3, -0.25) is 4.99 Å². The van der Waals surface area contributed by atoms with Crippen LogP contribution in [0, 0.1) is 5.92 Å². The second-order valence-electron chi connectivity index (χ2n) is 5.75. The number of nitrogens with zero attached hydrogens (tertiary/aromatic N) is 1. The number of hydrogen-bond acceptors (Lipinski definition) is 2. The standard InChI is InChI=1S/C13H27N3O/c1-13(2,3)16-12(14-4)15-8-5-9-17-10-11-6-7-11/h11H,5-10H2,1-4H3,(H2,14,15,16). The highest BCUT2D eigenvalue weighted by Crippen LogP contribution is 2.28. The van der Waals surface area contributed by atoms with E-state index in [0.717, 1.165) is 38.1 Å². The smallest absolute Gasteiger partial charge is 0.191 e. The summed E-state index contributed by atoms with van der Waals surface area (Å²) in [4.78, 5) is 4.18. The van der Waals surface area contributed by atoms with E-state index in [2.05, 4.69) is 36.4 Å². The van der Waals surface area contributed by atoms with Crippen molar-refractivity contribution < 1.29 is 4.74 Å². The molecule has 0 bridgehead atoms. The number of ether oxygens (including phenoxy) is 1. The summed E-state index contributed by atoms with van der Waals surface area (Å²) in [6.45, 7) is 9.07. The predicted octanol–water partition coefficient (Wildman–Crippen LogP) is 1.77. The van der Waals surface area contributed by atoms with E-state index in [4.69, 9.17) is 4.74 Å². The van der Waals surface area contributed by atoms with Gasteiger partial charge in [0.1, 0.15) is 0 Å². The van der Waals surface area contributed by atoms with Crippen LogP contribution in [0.25, 0.3) is 0 Å². The average molecular weight is 241 g/mol. The van der Waals surface area contributed by atoms with Crippen LogP contribution in [0.15, 0.2) is 4.99 Å². The lowest BCUT2D eigenvalue weighted by atomic mass is 10.1. The minimum atomic E-state index is 0.0459. The zero-order chi connectivity index (χ0) is 12.7. The molecule has 1 aliphatic rings. The number of guanidine groups is 1. The van der Waals surface area contributed by atoms with Gasteiger partial charge in [-0.15, -0.1) is 0 Å². The van der Waals surface area contributed by atoms with Gasteiger partial charge in [-0.2, -0.15) is 0 Å². The van der Waals surface area contributed by atoms with E-state index >= 15 is 0 Å². The van der Waals surface area contributed by atoms with Crippen LogP contribution in [0.2, 0.25) is 0 Å². The molecule has 0 aromatic rings. The van der Waals surface area contributed by atoms with Gasteiger partial charge in [0, 0.05) is 32.3 Å². The molecule has 0 saturated heterocycles. The fourth-order valence-electron chi connectivity index (χ4n) is 1.45. The second kappa shape index (κ2) is 6.84. The zero-order valence-electron chi connectivity index (χ0n) is 11.7. The van der Waals surface area contributed by atoms with Crippen LogP contribution in [-0.4, -0.2) is 38.3 Å². The second-order valence-corrected chi connectivity index (χ2v) is 5.75. The van der Waals surface area contributed by atoms with Crippen LogP contribution < -0.4 is 10.6 Å². The molecule has 0 heterocycles. The molecule has 0 aromatic carbocycles. The van der Waals surface area contributed by atoms with Crippen LogP contribution in [0.4, 0.5) is 0 Å². The maximum absolute atomic E-state index is 5.57. The van der Waals surface area contributed by atoms with Crippen LogP contribution in [0.1, 0.15) is 40.0 Å². The molecule has 0 amide bonds. The normalized spacial score (nSPS) is 17.1.